The molecule has 4 heteroatoms. The van der Waals surface area contributed by atoms with Gasteiger partial charge < -0.3 is 0 Å². The lowest BCUT2D eigenvalue weighted by Gasteiger charge is -2.26. The normalized spacial score (nSPS) is 21.2. The monoisotopic (exact) mass is 314 g/mol. The molecule has 1 aliphatic carbocycles. The summed E-state index contributed by atoms with van der Waals surface area (Å²) < 4.78 is 49.7. The van der Waals surface area contributed by atoms with Crippen LogP contribution in [0.15, 0.2) is 18.2 Å². The van der Waals surface area contributed by atoms with Crippen LogP contribution in [0.1, 0.15) is 63.5 Å². The third-order valence-corrected chi connectivity index (χ3v) is 3.82. The Hall–Kier alpha value is -1.50. The first-order chi connectivity index (χ1) is 10.3. The predicted molar refractivity (Wildman–Crippen MR) is 81.1 cm³/mol. The van der Waals surface area contributed by atoms with Crippen molar-refractivity contribution in [1.29, 1.82) is 0 Å². The maximum atomic E-state index is 13.8. The van der Waals surface area contributed by atoms with Gasteiger partial charge in [0, 0.05) is 5.92 Å². The number of hydrogen-bond acceptors (Lipinski definition) is 0. The van der Waals surface area contributed by atoms with Crippen LogP contribution in [-0.2, 0) is 0 Å². The van der Waals surface area contributed by atoms with Crippen LogP contribution in [0.2, 0.25) is 0 Å². The van der Waals surface area contributed by atoms with E-state index in [1.165, 1.54) is 12.1 Å². The van der Waals surface area contributed by atoms with E-state index in [1.807, 2.05) is 19.8 Å². The lowest BCUT2D eigenvalue weighted by Crippen LogP contribution is -2.11. The molecule has 1 aliphatic rings. The van der Waals surface area contributed by atoms with Crippen LogP contribution in [0.4, 0.5) is 17.6 Å². The zero-order valence-corrected chi connectivity index (χ0v) is 13.2. The number of hydrogen-bond donors (Lipinski definition) is 0. The highest BCUT2D eigenvalue weighted by molar-refractivity contribution is 5.39. The minimum atomic E-state index is -4.59. The molecule has 1 aromatic rings. The summed E-state index contributed by atoms with van der Waals surface area (Å²) in [5.41, 5.74) is 0.669. The minimum Gasteiger partial charge on any atom is -0.206 e. The average molecular weight is 314 g/mol. The molecule has 2 rings (SSSR count). The lowest BCUT2D eigenvalue weighted by atomic mass is 9.79. The fourth-order valence-electron chi connectivity index (χ4n) is 2.62. The molecule has 0 saturated heterocycles. The molecule has 0 bridgehead atoms. The number of benzene rings is 1. The topological polar surface area (TPSA) is 0 Å². The van der Waals surface area contributed by atoms with Gasteiger partial charge in [0.15, 0.2) is 0 Å². The molecule has 0 spiro atoms. The lowest BCUT2D eigenvalue weighted by molar-refractivity contribution is -0.0696. The molecule has 0 nitrogen and oxygen atoms in total. The van der Waals surface area contributed by atoms with Crippen molar-refractivity contribution < 1.29 is 17.6 Å². The summed E-state index contributed by atoms with van der Waals surface area (Å²) in [5.74, 6) is 3.28. The molecule has 0 atom stereocenters. The first-order valence-electron chi connectivity index (χ1n) is 7.74. The van der Waals surface area contributed by atoms with Crippen LogP contribution >= 0.6 is 0 Å². The highest BCUT2D eigenvalue weighted by Crippen LogP contribution is 2.35. The summed E-state index contributed by atoms with van der Waals surface area (Å²) in [6.07, 6.45) is -0.350. The first kappa shape index (κ1) is 18.5. The molecule has 0 aromatic heterocycles. The Morgan fingerprint density at radius 2 is 1.64 bits per heavy atom. The molecule has 0 heterocycles. The van der Waals surface area contributed by atoms with Crippen LogP contribution in [0.5, 0.6) is 0 Å². The molecule has 0 amide bonds. The summed E-state index contributed by atoms with van der Waals surface area (Å²) in [5, 5.41) is 0. The molecule has 0 N–H and O–H groups in total. The molecule has 0 aliphatic heterocycles. The fraction of sp³-hybridized carbons (Fsp3) is 0.556. The average Bonchev–Trinajstić information content (AvgIpc) is 2.48. The summed E-state index contributed by atoms with van der Waals surface area (Å²) in [6.45, 7) is 6.20. The van der Waals surface area contributed by atoms with Crippen molar-refractivity contribution in [3.63, 3.8) is 0 Å². The van der Waals surface area contributed by atoms with Crippen molar-refractivity contribution >= 4 is 0 Å². The van der Waals surface area contributed by atoms with Gasteiger partial charge in [0.05, 0.1) is 5.56 Å². The fourth-order valence-corrected chi connectivity index (χ4v) is 2.62. The van der Waals surface area contributed by atoms with Crippen LogP contribution in [0.25, 0.3) is 0 Å². The SMILES string of the molecule is CC.CC1CCC(c2ccc(C#CC(F)(F)F)c(F)c2)CC1. The van der Waals surface area contributed by atoms with Gasteiger partial charge in [0.2, 0.25) is 0 Å². The van der Waals surface area contributed by atoms with E-state index in [0.717, 1.165) is 37.2 Å². The molecule has 1 saturated carbocycles. The van der Waals surface area contributed by atoms with E-state index in [2.05, 4.69) is 6.92 Å². The Labute approximate surface area is 129 Å². The van der Waals surface area contributed by atoms with Crippen molar-refractivity contribution in [2.75, 3.05) is 0 Å². The van der Waals surface area contributed by atoms with E-state index in [-0.39, 0.29) is 5.56 Å². The molecule has 1 aromatic carbocycles. The van der Waals surface area contributed by atoms with Gasteiger partial charge in [-0.15, -0.1) is 0 Å². The molecular formula is C18H22F4. The zero-order valence-electron chi connectivity index (χ0n) is 13.2. The van der Waals surface area contributed by atoms with Gasteiger partial charge in [-0.05, 0) is 42.4 Å². The van der Waals surface area contributed by atoms with Gasteiger partial charge in [0.25, 0.3) is 0 Å². The number of rotatable bonds is 1. The molecule has 22 heavy (non-hydrogen) atoms. The quantitative estimate of drug-likeness (QED) is 0.436. The Morgan fingerprint density at radius 3 is 2.14 bits per heavy atom. The number of alkyl halides is 3. The van der Waals surface area contributed by atoms with Gasteiger partial charge in [0.1, 0.15) is 5.82 Å². The number of halogens is 4. The van der Waals surface area contributed by atoms with E-state index in [9.17, 15) is 17.6 Å². The summed E-state index contributed by atoms with van der Waals surface area (Å²) in [4.78, 5) is 0. The first-order valence-corrected chi connectivity index (χ1v) is 7.74. The van der Waals surface area contributed by atoms with E-state index in [4.69, 9.17) is 0 Å². The maximum Gasteiger partial charge on any atom is 0.458 e. The second kappa shape index (κ2) is 8.22. The third kappa shape index (κ3) is 5.71. The second-order valence-electron chi connectivity index (χ2n) is 5.44. The van der Waals surface area contributed by atoms with Crippen LogP contribution in [0.3, 0.4) is 0 Å². The van der Waals surface area contributed by atoms with Crippen LogP contribution in [0, 0.1) is 23.6 Å². The molecular weight excluding hydrogens is 292 g/mol. The maximum absolute atomic E-state index is 13.8. The largest absolute Gasteiger partial charge is 0.458 e. The standard InChI is InChI=1S/C16H16F4.C2H6/c1-11-2-4-12(5-3-11)14-7-6-13(15(17)10-14)8-9-16(18,19)20;1-2/h6-7,10-12H,2-5H2,1H3;1-2H3. The van der Waals surface area contributed by atoms with Gasteiger partial charge in [-0.2, -0.15) is 13.2 Å². The van der Waals surface area contributed by atoms with Gasteiger partial charge in [-0.1, -0.05) is 45.6 Å². The van der Waals surface area contributed by atoms with Crippen molar-refractivity contribution in [3.05, 3.63) is 35.1 Å². The molecule has 0 unspecified atom stereocenters. The molecule has 0 radical (unpaired) electrons. The highest BCUT2D eigenvalue weighted by atomic mass is 19.4. The van der Waals surface area contributed by atoms with Gasteiger partial charge in [-0.25, -0.2) is 4.39 Å². The van der Waals surface area contributed by atoms with Crippen LogP contribution in [-0.4, -0.2) is 6.18 Å². The Bertz CT molecular complexity index is 526. The Balaban J connectivity index is 0.00000116. The second-order valence-corrected chi connectivity index (χ2v) is 5.44. The van der Waals surface area contributed by atoms with Gasteiger partial charge >= 0.3 is 6.18 Å². The zero-order chi connectivity index (χ0) is 16.8. The Morgan fingerprint density at radius 1 is 1.05 bits per heavy atom. The minimum absolute atomic E-state index is 0.199. The van der Waals surface area contributed by atoms with Crippen molar-refractivity contribution in [2.45, 2.75) is 58.5 Å². The van der Waals surface area contributed by atoms with Crippen molar-refractivity contribution in [3.8, 4) is 11.8 Å². The predicted octanol–water partition coefficient (Wildman–Crippen LogP) is 6.06. The van der Waals surface area contributed by atoms with E-state index < -0.39 is 12.0 Å². The van der Waals surface area contributed by atoms with Gasteiger partial charge in [-0.3, -0.25) is 0 Å². The van der Waals surface area contributed by atoms with E-state index >= 15 is 0 Å². The van der Waals surface area contributed by atoms with E-state index in [1.54, 1.807) is 6.07 Å². The van der Waals surface area contributed by atoms with Crippen molar-refractivity contribution in [1.82, 2.24) is 0 Å². The highest BCUT2D eigenvalue weighted by Gasteiger charge is 2.23. The van der Waals surface area contributed by atoms with Crippen LogP contribution < -0.4 is 0 Å². The summed E-state index contributed by atoms with van der Waals surface area (Å²) in [6, 6.07) is 4.38. The third-order valence-electron chi connectivity index (χ3n) is 3.82. The summed E-state index contributed by atoms with van der Waals surface area (Å²) in [7, 11) is 0. The smallest absolute Gasteiger partial charge is 0.206 e. The Kier molecular flexibility index (Phi) is 6.93. The van der Waals surface area contributed by atoms with Crippen molar-refractivity contribution in [2.24, 2.45) is 5.92 Å². The van der Waals surface area contributed by atoms with E-state index in [0.29, 0.717) is 11.8 Å². The molecule has 1 fully saturated rings. The summed E-state index contributed by atoms with van der Waals surface area (Å²) >= 11 is 0. The molecule has 122 valence electrons.